The van der Waals surface area contributed by atoms with E-state index in [1.165, 1.54) is 16.7 Å². The minimum atomic E-state index is 1.11. The molecule has 1 aromatic rings. The Kier molecular flexibility index (Phi) is 21.6. The number of benzene rings is 1. The molecule has 0 amide bonds. The molecule has 0 aliphatic carbocycles. The number of aryl methyl sites for hydroxylation is 2. The lowest BCUT2D eigenvalue weighted by molar-refractivity contribution is 1.12. The minimum Gasteiger partial charge on any atom is -0.124 e. The van der Waals surface area contributed by atoms with Gasteiger partial charge in [0.2, 0.25) is 0 Å². The molecule has 0 aliphatic rings. The average molecular weight is 246 g/mol. The molecule has 0 unspecified atom stereocenters. The van der Waals surface area contributed by atoms with Gasteiger partial charge in [0.05, 0.1) is 0 Å². The van der Waals surface area contributed by atoms with Crippen molar-refractivity contribution in [1.82, 2.24) is 0 Å². The number of rotatable bonds is 2. The van der Waals surface area contributed by atoms with Gasteiger partial charge in [0.15, 0.2) is 0 Å². The van der Waals surface area contributed by atoms with Crippen LogP contribution in [0.2, 0.25) is 0 Å². The normalized spacial score (nSPS) is 8.06. The standard InChI is InChI=1S/C12H16.2C2H6.C2H2/c1-4-7-12-10(3)8-6-9-11(12)5-2;3*1-2/h4,6-9H,5H2,1-3H3;2*1-2H3;1-2H/b7-4-;;;. The highest BCUT2D eigenvalue weighted by Crippen LogP contribution is 2.16. The Hall–Kier alpha value is -1.48. The topological polar surface area (TPSA) is 0 Å². The Balaban J connectivity index is -0.000000328. The smallest absolute Gasteiger partial charge is 0.0199 e. The van der Waals surface area contributed by atoms with Crippen molar-refractivity contribution >= 4 is 6.08 Å². The molecule has 0 heterocycles. The van der Waals surface area contributed by atoms with E-state index in [9.17, 15) is 0 Å². The van der Waals surface area contributed by atoms with Crippen molar-refractivity contribution in [2.75, 3.05) is 0 Å². The third kappa shape index (κ3) is 8.65. The second-order valence-corrected chi connectivity index (χ2v) is 3.00. The highest BCUT2D eigenvalue weighted by molar-refractivity contribution is 5.57. The third-order valence-electron chi connectivity index (χ3n) is 2.13. The van der Waals surface area contributed by atoms with Gasteiger partial charge >= 0.3 is 0 Å². The molecule has 0 bridgehead atoms. The molecule has 0 heteroatoms. The van der Waals surface area contributed by atoms with Gasteiger partial charge in [-0.25, -0.2) is 0 Å². The van der Waals surface area contributed by atoms with Crippen LogP contribution in [0, 0.1) is 19.8 Å². The van der Waals surface area contributed by atoms with Gasteiger partial charge in [0, 0.05) is 0 Å². The van der Waals surface area contributed by atoms with E-state index in [-0.39, 0.29) is 0 Å². The van der Waals surface area contributed by atoms with Crippen LogP contribution < -0.4 is 0 Å². The van der Waals surface area contributed by atoms with Crippen LogP contribution in [-0.2, 0) is 6.42 Å². The largest absolute Gasteiger partial charge is 0.124 e. The van der Waals surface area contributed by atoms with Gasteiger partial charge in [-0.2, -0.15) is 0 Å². The summed E-state index contributed by atoms with van der Waals surface area (Å²) >= 11 is 0. The maximum atomic E-state index is 4.00. The van der Waals surface area contributed by atoms with Gasteiger partial charge in [-0.15, -0.1) is 12.8 Å². The summed E-state index contributed by atoms with van der Waals surface area (Å²) < 4.78 is 0. The summed E-state index contributed by atoms with van der Waals surface area (Å²) in [7, 11) is 0. The first kappa shape index (κ1) is 21.8. The summed E-state index contributed by atoms with van der Waals surface area (Å²) in [6.07, 6.45) is 13.4. The molecule has 0 atom stereocenters. The van der Waals surface area contributed by atoms with E-state index in [4.69, 9.17) is 0 Å². The molecule has 0 radical (unpaired) electrons. The van der Waals surface area contributed by atoms with Gasteiger partial charge in [0.25, 0.3) is 0 Å². The lowest BCUT2D eigenvalue weighted by Gasteiger charge is -2.05. The summed E-state index contributed by atoms with van der Waals surface area (Å²) in [6.45, 7) is 14.4. The summed E-state index contributed by atoms with van der Waals surface area (Å²) in [6, 6.07) is 6.48. The molecule has 18 heavy (non-hydrogen) atoms. The second-order valence-electron chi connectivity index (χ2n) is 3.00. The molecular formula is C18H30. The van der Waals surface area contributed by atoms with Crippen LogP contribution in [0.3, 0.4) is 0 Å². The zero-order valence-electron chi connectivity index (χ0n) is 13.2. The van der Waals surface area contributed by atoms with Crippen LogP contribution >= 0.6 is 0 Å². The van der Waals surface area contributed by atoms with Crippen LogP contribution in [0.4, 0.5) is 0 Å². The summed E-state index contributed by atoms with van der Waals surface area (Å²) in [5.41, 5.74) is 4.20. The first-order valence-electron chi connectivity index (χ1n) is 6.84. The fourth-order valence-electron chi connectivity index (χ4n) is 1.45. The van der Waals surface area contributed by atoms with Gasteiger partial charge in [-0.05, 0) is 37.0 Å². The molecule has 0 aliphatic heterocycles. The molecule has 0 fully saturated rings. The Morgan fingerprint density at radius 1 is 1.06 bits per heavy atom. The van der Waals surface area contributed by atoms with Gasteiger partial charge < -0.3 is 0 Å². The highest BCUT2D eigenvalue weighted by atomic mass is 14.0. The Bertz CT molecular complexity index is 316. The first-order chi connectivity index (χ1) is 8.79. The van der Waals surface area contributed by atoms with Gasteiger partial charge in [-0.1, -0.05) is 65.0 Å². The molecule has 0 nitrogen and oxygen atoms in total. The number of hydrogen-bond donors (Lipinski definition) is 0. The summed E-state index contributed by atoms with van der Waals surface area (Å²) in [5.74, 6) is 0. The molecule has 0 N–H and O–H groups in total. The summed E-state index contributed by atoms with van der Waals surface area (Å²) in [4.78, 5) is 0. The second kappa shape index (κ2) is 17.9. The fraction of sp³-hybridized carbons (Fsp3) is 0.444. The predicted molar refractivity (Wildman–Crippen MR) is 87.9 cm³/mol. The van der Waals surface area contributed by atoms with E-state index in [0.29, 0.717) is 0 Å². The van der Waals surface area contributed by atoms with E-state index in [1.807, 2.05) is 27.7 Å². The molecule has 102 valence electrons. The molecule has 0 aromatic heterocycles. The van der Waals surface area contributed by atoms with Crippen LogP contribution in [-0.4, -0.2) is 0 Å². The minimum absolute atomic E-state index is 1.11. The average Bonchev–Trinajstić information content (AvgIpc) is 2.48. The summed E-state index contributed by atoms with van der Waals surface area (Å²) in [5, 5.41) is 0. The van der Waals surface area contributed by atoms with Crippen LogP contribution in [0.5, 0.6) is 0 Å². The molecule has 1 aromatic carbocycles. The Labute approximate surface area is 115 Å². The fourth-order valence-corrected chi connectivity index (χ4v) is 1.45. The Morgan fingerprint density at radius 3 is 1.94 bits per heavy atom. The van der Waals surface area contributed by atoms with E-state index in [0.717, 1.165) is 6.42 Å². The number of allylic oxidation sites excluding steroid dienone is 1. The van der Waals surface area contributed by atoms with Gasteiger partial charge in [0.1, 0.15) is 0 Å². The van der Waals surface area contributed by atoms with Crippen molar-refractivity contribution in [1.29, 1.82) is 0 Å². The van der Waals surface area contributed by atoms with Crippen molar-refractivity contribution < 1.29 is 0 Å². The lowest BCUT2D eigenvalue weighted by atomic mass is 10.00. The van der Waals surface area contributed by atoms with Crippen molar-refractivity contribution in [3.63, 3.8) is 0 Å². The van der Waals surface area contributed by atoms with Gasteiger partial charge in [-0.3, -0.25) is 0 Å². The quantitative estimate of drug-likeness (QED) is 0.570. The van der Waals surface area contributed by atoms with E-state index in [2.05, 4.69) is 64.0 Å². The number of hydrogen-bond acceptors (Lipinski definition) is 0. The van der Waals surface area contributed by atoms with Crippen molar-refractivity contribution in [3.8, 4) is 12.8 Å². The lowest BCUT2D eigenvalue weighted by Crippen LogP contribution is -1.88. The molecule has 0 saturated carbocycles. The maximum Gasteiger partial charge on any atom is -0.0199 e. The van der Waals surface area contributed by atoms with Crippen molar-refractivity contribution in [2.24, 2.45) is 0 Å². The van der Waals surface area contributed by atoms with Crippen LogP contribution in [0.15, 0.2) is 24.3 Å². The molecule has 0 spiro atoms. The molecule has 1 rings (SSSR count). The SMILES string of the molecule is C#C.C/C=C\c1c(C)cccc1CC.CC.CC. The van der Waals surface area contributed by atoms with Crippen LogP contribution in [0.1, 0.15) is 58.2 Å². The van der Waals surface area contributed by atoms with E-state index >= 15 is 0 Å². The van der Waals surface area contributed by atoms with E-state index < -0.39 is 0 Å². The zero-order chi connectivity index (χ0) is 15.0. The maximum absolute atomic E-state index is 4.00. The molecular weight excluding hydrogens is 216 g/mol. The monoisotopic (exact) mass is 246 g/mol. The van der Waals surface area contributed by atoms with Crippen molar-refractivity contribution in [2.45, 2.75) is 54.9 Å². The van der Waals surface area contributed by atoms with Crippen LogP contribution in [0.25, 0.3) is 6.08 Å². The first-order valence-corrected chi connectivity index (χ1v) is 6.84. The van der Waals surface area contributed by atoms with E-state index in [1.54, 1.807) is 0 Å². The molecule has 0 saturated heterocycles. The zero-order valence-corrected chi connectivity index (χ0v) is 13.2. The highest BCUT2D eigenvalue weighted by Gasteiger charge is 1.98. The van der Waals surface area contributed by atoms with Crippen molar-refractivity contribution in [3.05, 3.63) is 41.0 Å². The number of terminal acetylenes is 1. The third-order valence-corrected chi connectivity index (χ3v) is 2.13. The predicted octanol–water partition coefficient (Wildman–Crippen LogP) is 5.89. The Morgan fingerprint density at radius 2 is 1.56 bits per heavy atom.